The number of allylic oxidation sites excluding steroid dienone is 2. The highest BCUT2D eigenvalue weighted by molar-refractivity contribution is 5.66. The van der Waals surface area contributed by atoms with Gasteiger partial charge in [-0.2, -0.15) is 0 Å². The van der Waals surface area contributed by atoms with E-state index in [1.165, 1.54) is 0 Å². The predicted octanol–water partition coefficient (Wildman–Crippen LogP) is 2.49. The molecular weight excluding hydrogens is 320 g/mol. The molecule has 0 spiro atoms. The zero-order valence-corrected chi connectivity index (χ0v) is 15.1. The Kier molecular flexibility index (Phi) is 10.5. The summed E-state index contributed by atoms with van der Waals surface area (Å²) in [5, 5.41) is 38.8. The van der Waals surface area contributed by atoms with Gasteiger partial charge in [-0.05, 0) is 32.1 Å². The lowest BCUT2D eigenvalue weighted by Gasteiger charge is -2.17. The average molecular weight is 352 g/mol. The van der Waals surface area contributed by atoms with Crippen molar-refractivity contribution in [1.82, 2.24) is 0 Å². The molecule has 1 saturated carbocycles. The molecule has 0 bridgehead atoms. The van der Waals surface area contributed by atoms with Crippen molar-refractivity contribution in [2.24, 2.45) is 11.8 Å². The third-order valence-corrected chi connectivity index (χ3v) is 4.69. The third-order valence-electron chi connectivity index (χ3n) is 4.69. The molecule has 0 heterocycles. The van der Waals surface area contributed by atoms with E-state index in [9.17, 15) is 20.1 Å². The molecule has 25 heavy (non-hydrogen) atoms. The molecule has 0 radical (unpaired) electrons. The summed E-state index contributed by atoms with van der Waals surface area (Å²) < 4.78 is 0. The first-order valence-corrected chi connectivity index (χ1v) is 9.37. The van der Waals surface area contributed by atoms with Crippen LogP contribution in [-0.4, -0.2) is 44.7 Å². The van der Waals surface area contributed by atoms with Crippen LogP contribution in [0.5, 0.6) is 0 Å². The molecular formula is C20H32O5. The van der Waals surface area contributed by atoms with Gasteiger partial charge in [-0.15, -0.1) is 0 Å². The van der Waals surface area contributed by atoms with Gasteiger partial charge in [0.15, 0.2) is 0 Å². The molecule has 5 heteroatoms. The second kappa shape index (κ2) is 12.1. The molecule has 0 saturated heterocycles. The first-order valence-electron chi connectivity index (χ1n) is 9.37. The minimum atomic E-state index is -0.796. The molecule has 4 N–H and O–H groups in total. The fraction of sp³-hybridized carbons (Fsp3) is 0.750. The lowest BCUT2D eigenvalue weighted by molar-refractivity contribution is -0.137. The number of carbonyl (C=O) groups is 1. The molecule has 1 rings (SSSR count). The smallest absolute Gasteiger partial charge is 0.303 e. The van der Waals surface area contributed by atoms with E-state index in [1.807, 2.05) is 12.2 Å². The molecule has 1 fully saturated rings. The minimum absolute atomic E-state index is 0.152. The number of carboxylic acid groups (broad SMARTS) is 1. The quantitative estimate of drug-likeness (QED) is 0.275. The first-order chi connectivity index (χ1) is 12.0. The van der Waals surface area contributed by atoms with Gasteiger partial charge in [0, 0.05) is 18.8 Å². The number of aliphatic hydroxyl groups excluding tert-OH is 3. The lowest BCUT2D eigenvalue weighted by Crippen LogP contribution is -2.20. The Bertz CT molecular complexity index is 476. The Morgan fingerprint density at radius 3 is 2.64 bits per heavy atom. The Labute approximate surface area is 150 Å². The molecule has 1 aliphatic carbocycles. The van der Waals surface area contributed by atoms with Crippen molar-refractivity contribution < 1.29 is 25.2 Å². The van der Waals surface area contributed by atoms with Crippen molar-refractivity contribution in [3.63, 3.8) is 0 Å². The van der Waals surface area contributed by atoms with Crippen LogP contribution >= 0.6 is 0 Å². The van der Waals surface area contributed by atoms with Crippen LogP contribution in [0.15, 0.2) is 12.2 Å². The van der Waals surface area contributed by atoms with E-state index in [-0.39, 0.29) is 18.3 Å². The molecule has 0 aromatic carbocycles. The van der Waals surface area contributed by atoms with Crippen LogP contribution in [0.4, 0.5) is 0 Å². The highest BCUT2D eigenvalue weighted by Gasteiger charge is 2.40. The van der Waals surface area contributed by atoms with E-state index in [0.29, 0.717) is 32.1 Å². The van der Waals surface area contributed by atoms with E-state index in [2.05, 4.69) is 18.8 Å². The van der Waals surface area contributed by atoms with E-state index in [4.69, 9.17) is 5.11 Å². The summed E-state index contributed by atoms with van der Waals surface area (Å²) in [5.41, 5.74) is 0. The van der Waals surface area contributed by atoms with Crippen molar-refractivity contribution in [1.29, 1.82) is 0 Å². The highest BCUT2D eigenvalue weighted by atomic mass is 16.4. The zero-order chi connectivity index (χ0) is 18.7. The maximum Gasteiger partial charge on any atom is 0.303 e. The minimum Gasteiger partial charge on any atom is -0.481 e. The first kappa shape index (κ1) is 21.7. The Morgan fingerprint density at radius 1 is 1.20 bits per heavy atom. The predicted molar refractivity (Wildman–Crippen MR) is 96.8 cm³/mol. The van der Waals surface area contributed by atoms with Crippen LogP contribution in [0, 0.1) is 23.7 Å². The van der Waals surface area contributed by atoms with E-state index in [0.717, 1.165) is 19.3 Å². The van der Waals surface area contributed by atoms with Gasteiger partial charge < -0.3 is 20.4 Å². The van der Waals surface area contributed by atoms with Gasteiger partial charge >= 0.3 is 5.97 Å². The number of rotatable bonds is 10. The van der Waals surface area contributed by atoms with Gasteiger partial charge in [0.05, 0.1) is 18.1 Å². The van der Waals surface area contributed by atoms with Crippen LogP contribution in [0.1, 0.15) is 64.7 Å². The molecule has 0 aromatic rings. The number of aliphatic hydroxyl groups is 3. The molecule has 1 aliphatic rings. The number of hydrogen-bond acceptors (Lipinski definition) is 4. The molecule has 5 atom stereocenters. The second-order valence-corrected chi connectivity index (χ2v) is 6.85. The van der Waals surface area contributed by atoms with Crippen LogP contribution in [-0.2, 0) is 4.79 Å². The van der Waals surface area contributed by atoms with Crippen molar-refractivity contribution in [3.8, 4) is 11.8 Å². The third kappa shape index (κ3) is 8.53. The SMILES string of the molecule is CCCCC[C@H](O)C#C[C@H]1[C@H](C/C=C\CCCC(=O)O)[C@H](O)C[C@@H]1O. The van der Waals surface area contributed by atoms with Crippen molar-refractivity contribution in [2.45, 2.75) is 83.0 Å². The fourth-order valence-corrected chi connectivity index (χ4v) is 3.20. The topological polar surface area (TPSA) is 98.0 Å². The van der Waals surface area contributed by atoms with E-state index < -0.39 is 24.3 Å². The summed E-state index contributed by atoms with van der Waals surface area (Å²) in [6.45, 7) is 2.11. The zero-order valence-electron chi connectivity index (χ0n) is 15.1. The number of hydrogen-bond donors (Lipinski definition) is 4. The Hall–Kier alpha value is -1.35. The van der Waals surface area contributed by atoms with Crippen LogP contribution in [0.2, 0.25) is 0 Å². The van der Waals surface area contributed by atoms with Crippen LogP contribution < -0.4 is 0 Å². The van der Waals surface area contributed by atoms with E-state index in [1.54, 1.807) is 0 Å². The highest BCUT2D eigenvalue weighted by Crippen LogP contribution is 2.35. The van der Waals surface area contributed by atoms with Crippen molar-refractivity contribution >= 4 is 5.97 Å². The van der Waals surface area contributed by atoms with Crippen LogP contribution in [0.25, 0.3) is 0 Å². The molecule has 0 aliphatic heterocycles. The summed E-state index contributed by atoms with van der Waals surface area (Å²) in [6, 6.07) is 0. The molecule has 5 nitrogen and oxygen atoms in total. The standard InChI is InChI=1S/C20H32O5/c1-2-3-6-9-15(21)12-13-17-16(18(22)14-19(17)23)10-7-4-5-8-11-20(24)25/h4,7,15-19,21-23H,2-3,5-6,8-11,14H2,1H3,(H,24,25)/b7-4-/t15-,16-,17-,18+,19-/m0/s1. The molecule has 0 amide bonds. The van der Waals surface area contributed by atoms with Gasteiger partial charge in [0.2, 0.25) is 0 Å². The largest absolute Gasteiger partial charge is 0.481 e. The summed E-state index contributed by atoms with van der Waals surface area (Å²) in [7, 11) is 0. The number of unbranched alkanes of at least 4 members (excludes halogenated alkanes) is 3. The van der Waals surface area contributed by atoms with Crippen molar-refractivity contribution in [3.05, 3.63) is 12.2 Å². The van der Waals surface area contributed by atoms with Gasteiger partial charge in [-0.25, -0.2) is 0 Å². The summed E-state index contributed by atoms with van der Waals surface area (Å²) in [5.74, 6) is 4.54. The van der Waals surface area contributed by atoms with Crippen LogP contribution in [0.3, 0.4) is 0 Å². The van der Waals surface area contributed by atoms with Gasteiger partial charge in [-0.1, -0.05) is 43.8 Å². The second-order valence-electron chi connectivity index (χ2n) is 6.85. The van der Waals surface area contributed by atoms with Gasteiger partial charge in [0.25, 0.3) is 0 Å². The normalized spacial score (nSPS) is 27.2. The Morgan fingerprint density at radius 2 is 1.96 bits per heavy atom. The maximum atomic E-state index is 10.5. The average Bonchev–Trinajstić information content (AvgIpc) is 2.82. The summed E-state index contributed by atoms with van der Waals surface area (Å²) in [4.78, 5) is 10.5. The van der Waals surface area contributed by atoms with Gasteiger partial charge in [0.1, 0.15) is 6.10 Å². The monoisotopic (exact) mass is 352 g/mol. The van der Waals surface area contributed by atoms with Gasteiger partial charge in [-0.3, -0.25) is 4.79 Å². The number of carboxylic acids is 1. The molecule has 142 valence electrons. The van der Waals surface area contributed by atoms with E-state index >= 15 is 0 Å². The summed E-state index contributed by atoms with van der Waals surface area (Å²) in [6.07, 6.45) is 7.97. The lowest BCUT2D eigenvalue weighted by atomic mass is 9.90. The van der Waals surface area contributed by atoms with Crippen molar-refractivity contribution in [2.75, 3.05) is 0 Å². The number of aliphatic carboxylic acids is 1. The fourth-order valence-electron chi connectivity index (χ4n) is 3.20. The Balaban J connectivity index is 2.50. The molecule has 0 unspecified atom stereocenters. The summed E-state index contributed by atoms with van der Waals surface area (Å²) >= 11 is 0. The molecule has 0 aromatic heterocycles. The maximum absolute atomic E-state index is 10.5.